The number of carbonyl (C=O) groups is 3. The van der Waals surface area contributed by atoms with Gasteiger partial charge in [0.15, 0.2) is 0 Å². The summed E-state index contributed by atoms with van der Waals surface area (Å²) < 4.78 is 5.46. The SMILES string of the molecule is CC(OC(=O)Nc1ncncc1-c1ccc(C(=O)NC(CC2CC2)C(=O)O)cc1)c1ccccc1. The van der Waals surface area contributed by atoms with Crippen molar-refractivity contribution in [2.45, 2.75) is 38.3 Å². The van der Waals surface area contributed by atoms with Gasteiger partial charge in [-0.15, -0.1) is 0 Å². The molecule has 0 saturated heterocycles. The third kappa shape index (κ3) is 6.41. The zero-order chi connectivity index (χ0) is 24.8. The molecule has 0 aliphatic heterocycles. The van der Waals surface area contributed by atoms with Crippen LogP contribution in [-0.4, -0.2) is 39.1 Å². The molecule has 9 heteroatoms. The topological polar surface area (TPSA) is 131 Å². The number of ether oxygens (including phenoxy) is 1. The van der Waals surface area contributed by atoms with Gasteiger partial charge in [-0.05, 0) is 42.5 Å². The summed E-state index contributed by atoms with van der Waals surface area (Å²) >= 11 is 0. The average Bonchev–Trinajstić information content (AvgIpc) is 3.68. The summed E-state index contributed by atoms with van der Waals surface area (Å²) in [6, 6.07) is 15.0. The molecule has 4 rings (SSSR count). The molecule has 0 bridgehead atoms. The van der Waals surface area contributed by atoms with Gasteiger partial charge in [-0.3, -0.25) is 10.1 Å². The maximum absolute atomic E-state index is 12.6. The van der Waals surface area contributed by atoms with Gasteiger partial charge in [-0.1, -0.05) is 55.3 Å². The highest BCUT2D eigenvalue weighted by Crippen LogP contribution is 2.33. The number of carboxylic acids is 1. The van der Waals surface area contributed by atoms with Crippen LogP contribution in [0, 0.1) is 5.92 Å². The van der Waals surface area contributed by atoms with Crippen LogP contribution in [0.25, 0.3) is 11.1 Å². The van der Waals surface area contributed by atoms with E-state index in [0.717, 1.165) is 18.4 Å². The van der Waals surface area contributed by atoms with Crippen LogP contribution in [0.15, 0.2) is 67.1 Å². The van der Waals surface area contributed by atoms with Crippen molar-refractivity contribution in [1.29, 1.82) is 0 Å². The number of hydrogen-bond acceptors (Lipinski definition) is 6. The molecule has 35 heavy (non-hydrogen) atoms. The fourth-order valence-electron chi connectivity index (χ4n) is 3.67. The number of nitrogens with one attached hydrogen (secondary N) is 2. The predicted octanol–water partition coefficient (Wildman–Crippen LogP) is 4.44. The van der Waals surface area contributed by atoms with E-state index in [-0.39, 0.29) is 5.82 Å². The Morgan fingerprint density at radius 1 is 1.09 bits per heavy atom. The van der Waals surface area contributed by atoms with Crippen molar-refractivity contribution in [3.05, 3.63) is 78.2 Å². The first-order chi connectivity index (χ1) is 16.9. The first kappa shape index (κ1) is 23.9. The summed E-state index contributed by atoms with van der Waals surface area (Å²) in [5, 5.41) is 14.6. The van der Waals surface area contributed by atoms with Gasteiger partial charge < -0.3 is 15.2 Å². The van der Waals surface area contributed by atoms with Crippen molar-refractivity contribution in [2.75, 3.05) is 5.32 Å². The molecule has 9 nitrogen and oxygen atoms in total. The summed E-state index contributed by atoms with van der Waals surface area (Å²) in [7, 11) is 0. The molecule has 1 aliphatic carbocycles. The Kier molecular flexibility index (Phi) is 7.35. The summed E-state index contributed by atoms with van der Waals surface area (Å²) in [5.41, 5.74) is 2.40. The van der Waals surface area contributed by atoms with Crippen molar-refractivity contribution in [3.63, 3.8) is 0 Å². The molecule has 2 unspecified atom stereocenters. The monoisotopic (exact) mass is 474 g/mol. The molecule has 180 valence electrons. The number of rotatable bonds is 9. The van der Waals surface area contributed by atoms with Gasteiger partial charge in [0.25, 0.3) is 5.91 Å². The van der Waals surface area contributed by atoms with Crippen LogP contribution in [0.3, 0.4) is 0 Å². The number of carboxylic acid groups (broad SMARTS) is 1. The number of benzene rings is 2. The Balaban J connectivity index is 1.42. The smallest absolute Gasteiger partial charge is 0.413 e. The number of aromatic nitrogens is 2. The Labute approximate surface area is 202 Å². The Morgan fingerprint density at radius 2 is 1.80 bits per heavy atom. The Bertz CT molecular complexity index is 1200. The fourth-order valence-corrected chi connectivity index (χ4v) is 3.67. The van der Waals surface area contributed by atoms with Gasteiger partial charge in [0.2, 0.25) is 0 Å². The van der Waals surface area contributed by atoms with Crippen LogP contribution in [0.2, 0.25) is 0 Å². The highest BCUT2D eigenvalue weighted by atomic mass is 16.6. The fraction of sp³-hybridized carbons (Fsp3) is 0.269. The van der Waals surface area contributed by atoms with Gasteiger partial charge in [0.05, 0.1) is 0 Å². The first-order valence-corrected chi connectivity index (χ1v) is 11.4. The van der Waals surface area contributed by atoms with Crippen LogP contribution < -0.4 is 10.6 Å². The van der Waals surface area contributed by atoms with Crippen LogP contribution in [-0.2, 0) is 9.53 Å². The molecular weight excluding hydrogens is 448 g/mol. The number of carbonyl (C=O) groups excluding carboxylic acids is 2. The van der Waals surface area contributed by atoms with Crippen molar-refractivity contribution in [2.24, 2.45) is 5.92 Å². The molecule has 2 atom stereocenters. The van der Waals surface area contributed by atoms with Crippen molar-refractivity contribution in [1.82, 2.24) is 15.3 Å². The lowest BCUT2D eigenvalue weighted by Crippen LogP contribution is -2.41. The molecule has 3 N–H and O–H groups in total. The van der Waals surface area contributed by atoms with E-state index in [1.165, 1.54) is 6.33 Å². The zero-order valence-corrected chi connectivity index (χ0v) is 19.2. The normalized spacial score (nSPS) is 14.4. The second-order valence-electron chi connectivity index (χ2n) is 8.49. The summed E-state index contributed by atoms with van der Waals surface area (Å²) in [4.78, 5) is 44.7. The summed E-state index contributed by atoms with van der Waals surface area (Å²) in [5.74, 6) is -0.860. The summed E-state index contributed by atoms with van der Waals surface area (Å²) in [6.07, 6.45) is 4.20. The van der Waals surface area contributed by atoms with E-state index >= 15 is 0 Å². The minimum absolute atomic E-state index is 0.262. The zero-order valence-electron chi connectivity index (χ0n) is 19.2. The second kappa shape index (κ2) is 10.8. The average molecular weight is 475 g/mol. The molecule has 1 saturated carbocycles. The lowest BCUT2D eigenvalue weighted by atomic mass is 10.0. The number of hydrogen-bond donors (Lipinski definition) is 3. The standard InChI is InChI=1S/C26H26N4O5/c1-16(18-5-3-2-4-6-18)35-26(34)30-23-21(14-27-15-28-23)19-9-11-20(12-10-19)24(31)29-22(25(32)33)13-17-7-8-17/h2-6,9-12,14-17,22H,7-8,13H2,1H3,(H,29,31)(H,32,33)(H,27,28,30,34). The molecule has 1 heterocycles. The third-order valence-corrected chi connectivity index (χ3v) is 5.81. The molecule has 0 radical (unpaired) electrons. The quantitative estimate of drug-likeness (QED) is 0.418. The molecule has 0 spiro atoms. The van der Waals surface area contributed by atoms with Gasteiger partial charge >= 0.3 is 12.1 Å². The van der Waals surface area contributed by atoms with Gasteiger partial charge in [0, 0.05) is 17.3 Å². The van der Waals surface area contributed by atoms with E-state index < -0.39 is 30.1 Å². The number of aliphatic carboxylic acids is 1. The Morgan fingerprint density at radius 3 is 2.46 bits per heavy atom. The lowest BCUT2D eigenvalue weighted by Gasteiger charge is -2.15. The number of amides is 2. The van der Waals surface area contributed by atoms with E-state index in [4.69, 9.17) is 4.74 Å². The van der Waals surface area contributed by atoms with Crippen LogP contribution in [0.4, 0.5) is 10.6 Å². The molecule has 1 aliphatic rings. The number of nitrogens with zero attached hydrogens (tertiary/aromatic N) is 2. The molecule has 1 aromatic heterocycles. The molecular formula is C26H26N4O5. The minimum Gasteiger partial charge on any atom is -0.480 e. The van der Waals surface area contributed by atoms with Crippen molar-refractivity contribution >= 4 is 23.8 Å². The molecule has 1 fully saturated rings. The first-order valence-electron chi connectivity index (χ1n) is 11.4. The predicted molar refractivity (Wildman–Crippen MR) is 129 cm³/mol. The van der Waals surface area contributed by atoms with Crippen molar-refractivity contribution < 1.29 is 24.2 Å². The highest BCUT2D eigenvalue weighted by Gasteiger charge is 2.30. The third-order valence-electron chi connectivity index (χ3n) is 5.81. The second-order valence-corrected chi connectivity index (χ2v) is 8.49. The van der Waals surface area contributed by atoms with Crippen LogP contribution in [0.1, 0.15) is 48.2 Å². The van der Waals surface area contributed by atoms with Gasteiger partial charge in [-0.2, -0.15) is 0 Å². The van der Waals surface area contributed by atoms with E-state index in [1.807, 2.05) is 30.3 Å². The van der Waals surface area contributed by atoms with Crippen LogP contribution >= 0.6 is 0 Å². The molecule has 2 amide bonds. The van der Waals surface area contributed by atoms with Crippen molar-refractivity contribution in [3.8, 4) is 11.1 Å². The van der Waals surface area contributed by atoms with E-state index in [9.17, 15) is 19.5 Å². The summed E-state index contributed by atoms with van der Waals surface area (Å²) in [6.45, 7) is 1.78. The highest BCUT2D eigenvalue weighted by molar-refractivity contribution is 5.97. The van der Waals surface area contributed by atoms with Gasteiger partial charge in [0.1, 0.15) is 24.3 Å². The van der Waals surface area contributed by atoms with E-state index in [1.54, 1.807) is 37.4 Å². The number of anilines is 1. The lowest BCUT2D eigenvalue weighted by molar-refractivity contribution is -0.139. The van der Waals surface area contributed by atoms with Gasteiger partial charge in [-0.25, -0.2) is 19.6 Å². The van der Waals surface area contributed by atoms with Crippen LogP contribution in [0.5, 0.6) is 0 Å². The Hall–Kier alpha value is -4.27. The largest absolute Gasteiger partial charge is 0.480 e. The minimum atomic E-state index is -1.03. The van der Waals surface area contributed by atoms with E-state index in [2.05, 4.69) is 20.6 Å². The van der Waals surface area contributed by atoms with E-state index in [0.29, 0.717) is 29.0 Å². The molecule has 2 aromatic carbocycles. The maximum atomic E-state index is 12.6. The maximum Gasteiger partial charge on any atom is 0.413 e. The molecule has 3 aromatic rings.